The molecule has 2 aromatic heterocycles. The van der Waals surface area contributed by atoms with E-state index >= 15 is 0 Å². The number of nitrogens with one attached hydrogen (secondary N) is 1. The van der Waals surface area contributed by atoms with Gasteiger partial charge >= 0.3 is 0 Å². The van der Waals surface area contributed by atoms with Gasteiger partial charge in [0.1, 0.15) is 10.6 Å². The van der Waals surface area contributed by atoms with Crippen molar-refractivity contribution in [3.05, 3.63) is 87.0 Å². The summed E-state index contributed by atoms with van der Waals surface area (Å²) < 4.78 is 13.8. The number of benzene rings is 2. The molecule has 6 heteroatoms. The molecule has 0 spiro atoms. The minimum atomic E-state index is -0.391. The molecule has 0 bridgehead atoms. The summed E-state index contributed by atoms with van der Waals surface area (Å²) in [6.45, 7) is 1.96. The highest BCUT2D eigenvalue weighted by molar-refractivity contribution is 7.19. The quantitative estimate of drug-likeness (QED) is 0.473. The molecule has 0 saturated heterocycles. The SMILES string of the molecule is Cc1sc2nc(/C(Cl)=C/c3ccccc3F)[nH]c(=O)c2c1-c1ccccc1. The molecule has 0 aliphatic rings. The molecule has 27 heavy (non-hydrogen) atoms. The Morgan fingerprint density at radius 3 is 2.59 bits per heavy atom. The molecular formula is C21H14ClFN2OS. The van der Waals surface area contributed by atoms with Gasteiger partial charge in [0.2, 0.25) is 0 Å². The molecule has 0 atom stereocenters. The van der Waals surface area contributed by atoms with Crippen LogP contribution in [0.2, 0.25) is 0 Å². The summed E-state index contributed by atoms with van der Waals surface area (Å²) in [7, 11) is 0. The average molecular weight is 397 g/mol. The molecule has 2 aromatic carbocycles. The van der Waals surface area contributed by atoms with Crippen molar-refractivity contribution in [2.24, 2.45) is 0 Å². The third kappa shape index (κ3) is 3.31. The molecule has 0 radical (unpaired) electrons. The van der Waals surface area contributed by atoms with Crippen molar-refractivity contribution in [1.82, 2.24) is 9.97 Å². The van der Waals surface area contributed by atoms with Crippen LogP contribution in [-0.4, -0.2) is 9.97 Å². The molecule has 0 fully saturated rings. The van der Waals surface area contributed by atoms with Gasteiger partial charge in [0.05, 0.1) is 10.4 Å². The molecule has 4 rings (SSSR count). The maximum atomic E-state index is 13.8. The van der Waals surface area contributed by atoms with Gasteiger partial charge in [0.25, 0.3) is 5.56 Å². The van der Waals surface area contributed by atoms with Gasteiger partial charge in [-0.05, 0) is 24.6 Å². The molecule has 0 saturated carbocycles. The number of aromatic amines is 1. The van der Waals surface area contributed by atoms with Gasteiger partial charge in [0, 0.05) is 16.0 Å². The van der Waals surface area contributed by atoms with Gasteiger partial charge in [-0.1, -0.05) is 60.1 Å². The number of H-pyrrole nitrogens is 1. The summed E-state index contributed by atoms with van der Waals surface area (Å²) >= 11 is 7.75. The summed E-state index contributed by atoms with van der Waals surface area (Å²) in [6.07, 6.45) is 1.46. The Labute approximate surface area is 163 Å². The number of hydrogen-bond acceptors (Lipinski definition) is 3. The highest BCUT2D eigenvalue weighted by Gasteiger charge is 2.17. The minimum Gasteiger partial charge on any atom is -0.305 e. The zero-order valence-corrected chi connectivity index (χ0v) is 15.9. The summed E-state index contributed by atoms with van der Waals surface area (Å²) in [5.74, 6) is -0.171. The number of fused-ring (bicyclic) bond motifs is 1. The maximum absolute atomic E-state index is 13.8. The third-order valence-corrected chi connectivity index (χ3v) is 5.50. The monoisotopic (exact) mass is 396 g/mol. The second-order valence-electron chi connectivity index (χ2n) is 6.01. The predicted octanol–water partition coefficient (Wildman–Crippen LogP) is 5.84. The van der Waals surface area contributed by atoms with Crippen molar-refractivity contribution in [3.8, 4) is 11.1 Å². The van der Waals surface area contributed by atoms with E-state index in [2.05, 4.69) is 9.97 Å². The highest BCUT2D eigenvalue weighted by atomic mass is 35.5. The van der Waals surface area contributed by atoms with E-state index in [4.69, 9.17) is 11.6 Å². The van der Waals surface area contributed by atoms with Crippen molar-refractivity contribution in [2.45, 2.75) is 6.92 Å². The number of halogens is 2. The van der Waals surface area contributed by atoms with Crippen molar-refractivity contribution in [2.75, 3.05) is 0 Å². The molecule has 3 nitrogen and oxygen atoms in total. The van der Waals surface area contributed by atoms with E-state index in [1.165, 1.54) is 23.5 Å². The lowest BCUT2D eigenvalue weighted by molar-refractivity contribution is 0.625. The number of nitrogens with zero attached hydrogens (tertiary/aromatic N) is 1. The van der Waals surface area contributed by atoms with Gasteiger partial charge in [-0.15, -0.1) is 11.3 Å². The topological polar surface area (TPSA) is 45.8 Å². The first kappa shape index (κ1) is 17.6. The van der Waals surface area contributed by atoms with Gasteiger partial charge in [-0.2, -0.15) is 0 Å². The number of rotatable bonds is 3. The van der Waals surface area contributed by atoms with E-state index in [1.807, 2.05) is 37.3 Å². The number of aromatic nitrogens is 2. The van der Waals surface area contributed by atoms with Gasteiger partial charge in [-0.3, -0.25) is 4.79 Å². The van der Waals surface area contributed by atoms with Crippen LogP contribution in [0.1, 0.15) is 16.3 Å². The van der Waals surface area contributed by atoms with E-state index in [-0.39, 0.29) is 16.4 Å². The maximum Gasteiger partial charge on any atom is 0.260 e. The van der Waals surface area contributed by atoms with Crippen molar-refractivity contribution >= 4 is 44.3 Å². The van der Waals surface area contributed by atoms with Crippen molar-refractivity contribution < 1.29 is 4.39 Å². The molecule has 1 N–H and O–H groups in total. The molecule has 2 heterocycles. The van der Waals surface area contributed by atoms with E-state index in [9.17, 15) is 9.18 Å². The van der Waals surface area contributed by atoms with Crippen LogP contribution in [0, 0.1) is 12.7 Å². The Hall–Kier alpha value is -2.76. The molecule has 0 aliphatic carbocycles. The lowest BCUT2D eigenvalue weighted by Crippen LogP contribution is -2.10. The molecule has 4 aromatic rings. The van der Waals surface area contributed by atoms with Crippen molar-refractivity contribution in [1.29, 1.82) is 0 Å². The standard InChI is InChI=1S/C21H14ClFN2OS/c1-12-17(13-7-3-2-4-8-13)18-20(26)24-19(25-21(18)27-12)15(22)11-14-9-5-6-10-16(14)23/h2-11H,1H3,(H,24,25,26)/b15-11-. The smallest absolute Gasteiger partial charge is 0.260 e. The van der Waals surface area contributed by atoms with Crippen LogP contribution in [0.5, 0.6) is 0 Å². The van der Waals surface area contributed by atoms with Gasteiger partial charge in [0.15, 0.2) is 5.82 Å². The van der Waals surface area contributed by atoms with Gasteiger partial charge in [-0.25, -0.2) is 9.37 Å². The third-order valence-electron chi connectivity index (χ3n) is 4.21. The summed E-state index contributed by atoms with van der Waals surface area (Å²) in [4.78, 5) is 21.6. The first-order valence-electron chi connectivity index (χ1n) is 8.25. The second kappa shape index (κ2) is 7.10. The summed E-state index contributed by atoms with van der Waals surface area (Å²) in [5.41, 5.74) is 1.91. The van der Waals surface area contributed by atoms with Crippen LogP contribution in [0.3, 0.4) is 0 Å². The van der Waals surface area contributed by atoms with Crippen LogP contribution < -0.4 is 5.56 Å². The predicted molar refractivity (Wildman–Crippen MR) is 111 cm³/mol. The lowest BCUT2D eigenvalue weighted by Gasteiger charge is -2.03. The molecular weight excluding hydrogens is 383 g/mol. The zero-order valence-electron chi connectivity index (χ0n) is 14.3. The van der Waals surface area contributed by atoms with E-state index in [1.54, 1.807) is 18.2 Å². The minimum absolute atomic E-state index is 0.173. The molecule has 0 amide bonds. The van der Waals surface area contributed by atoms with Crippen LogP contribution >= 0.6 is 22.9 Å². The lowest BCUT2D eigenvalue weighted by atomic mass is 10.0. The first-order chi connectivity index (χ1) is 13.0. The largest absolute Gasteiger partial charge is 0.305 e. The molecule has 0 aliphatic heterocycles. The Kier molecular flexibility index (Phi) is 4.64. The van der Waals surface area contributed by atoms with E-state index < -0.39 is 5.82 Å². The van der Waals surface area contributed by atoms with Crippen molar-refractivity contribution in [3.63, 3.8) is 0 Å². The summed E-state index contributed by atoms with van der Waals surface area (Å²) in [5, 5.41) is 0.717. The van der Waals surface area contributed by atoms with E-state index in [0.29, 0.717) is 15.8 Å². The number of thiophene rings is 1. The second-order valence-corrected chi connectivity index (χ2v) is 7.62. The van der Waals surface area contributed by atoms with Crippen LogP contribution in [0.15, 0.2) is 59.4 Å². The summed E-state index contributed by atoms with van der Waals surface area (Å²) in [6, 6.07) is 16.0. The van der Waals surface area contributed by atoms with Crippen LogP contribution in [0.4, 0.5) is 4.39 Å². The number of aryl methyl sites for hydroxylation is 1. The first-order valence-corrected chi connectivity index (χ1v) is 9.45. The Morgan fingerprint density at radius 1 is 1.15 bits per heavy atom. The molecule has 0 unspecified atom stereocenters. The Morgan fingerprint density at radius 2 is 1.85 bits per heavy atom. The molecule has 134 valence electrons. The highest BCUT2D eigenvalue weighted by Crippen LogP contribution is 2.36. The number of hydrogen-bond donors (Lipinski definition) is 1. The fourth-order valence-electron chi connectivity index (χ4n) is 2.98. The van der Waals surface area contributed by atoms with E-state index in [0.717, 1.165) is 16.0 Å². The van der Waals surface area contributed by atoms with Crippen LogP contribution in [-0.2, 0) is 0 Å². The fraction of sp³-hybridized carbons (Fsp3) is 0.0476. The fourth-order valence-corrected chi connectivity index (χ4v) is 4.23. The Balaban J connectivity index is 1.87. The van der Waals surface area contributed by atoms with Crippen LogP contribution in [0.25, 0.3) is 32.5 Å². The average Bonchev–Trinajstić information content (AvgIpc) is 3.00. The Bertz CT molecular complexity index is 1230. The normalized spacial score (nSPS) is 11.9. The van der Waals surface area contributed by atoms with Gasteiger partial charge < -0.3 is 4.98 Å². The zero-order chi connectivity index (χ0) is 19.0.